The molecular formula is C11H13FN2O2. The maximum atomic E-state index is 13.7. The maximum absolute atomic E-state index is 13.7. The van der Waals surface area contributed by atoms with E-state index in [2.05, 4.69) is 4.98 Å². The van der Waals surface area contributed by atoms with Crippen LogP contribution < -0.4 is 4.90 Å². The fourth-order valence-electron chi connectivity index (χ4n) is 1.76. The summed E-state index contributed by atoms with van der Waals surface area (Å²) in [5.74, 6) is -0.167. The number of carbonyl (C=O) groups is 1. The van der Waals surface area contributed by atoms with E-state index in [4.69, 9.17) is 4.74 Å². The van der Waals surface area contributed by atoms with Crippen LogP contribution in [0.3, 0.4) is 0 Å². The zero-order valence-corrected chi connectivity index (χ0v) is 9.02. The van der Waals surface area contributed by atoms with Crippen molar-refractivity contribution in [3.05, 3.63) is 23.6 Å². The van der Waals surface area contributed by atoms with Gasteiger partial charge in [-0.05, 0) is 13.0 Å². The molecule has 5 heteroatoms. The third kappa shape index (κ3) is 2.04. The third-order valence-corrected chi connectivity index (χ3v) is 2.62. The molecule has 1 aliphatic heterocycles. The maximum Gasteiger partial charge on any atom is 0.166 e. The standard InChI is InChI=1S/C11H13FN2O2/c1-8-7-16-3-2-14(8)11-10(12)4-9(6-15)5-13-11/h4-6,8H,2-3,7H2,1H3/t8-/m0/s1. The topological polar surface area (TPSA) is 42.4 Å². The molecule has 0 amide bonds. The number of rotatable bonds is 2. The molecule has 0 N–H and O–H groups in total. The molecule has 0 spiro atoms. The van der Waals surface area contributed by atoms with Crippen molar-refractivity contribution in [3.63, 3.8) is 0 Å². The van der Waals surface area contributed by atoms with Crippen molar-refractivity contribution in [1.82, 2.24) is 4.98 Å². The molecule has 1 atom stereocenters. The molecule has 1 aromatic rings. The molecule has 1 aliphatic rings. The summed E-state index contributed by atoms with van der Waals surface area (Å²) in [5.41, 5.74) is 0.252. The summed E-state index contributed by atoms with van der Waals surface area (Å²) >= 11 is 0. The van der Waals surface area contributed by atoms with E-state index in [0.717, 1.165) is 0 Å². The minimum Gasteiger partial charge on any atom is -0.377 e. The molecule has 1 aromatic heterocycles. The van der Waals surface area contributed by atoms with Crippen LogP contribution in [-0.4, -0.2) is 37.1 Å². The Bertz CT molecular complexity index is 398. The highest BCUT2D eigenvalue weighted by Crippen LogP contribution is 2.20. The van der Waals surface area contributed by atoms with Gasteiger partial charge in [-0.2, -0.15) is 0 Å². The lowest BCUT2D eigenvalue weighted by Gasteiger charge is -2.34. The van der Waals surface area contributed by atoms with E-state index in [0.29, 0.717) is 31.9 Å². The molecular weight excluding hydrogens is 211 g/mol. The second-order valence-electron chi connectivity index (χ2n) is 3.81. The van der Waals surface area contributed by atoms with E-state index in [1.807, 2.05) is 11.8 Å². The molecule has 0 aromatic carbocycles. The number of halogens is 1. The largest absolute Gasteiger partial charge is 0.377 e. The van der Waals surface area contributed by atoms with Crippen LogP contribution in [0.25, 0.3) is 0 Å². The van der Waals surface area contributed by atoms with Crippen molar-refractivity contribution in [2.24, 2.45) is 0 Å². The van der Waals surface area contributed by atoms with Crippen LogP contribution in [0.4, 0.5) is 10.2 Å². The van der Waals surface area contributed by atoms with Crippen molar-refractivity contribution >= 4 is 12.1 Å². The number of aldehydes is 1. The number of ether oxygens (including phenoxy) is 1. The van der Waals surface area contributed by atoms with Crippen molar-refractivity contribution < 1.29 is 13.9 Å². The van der Waals surface area contributed by atoms with Gasteiger partial charge in [0.05, 0.1) is 19.3 Å². The number of hydrogen-bond acceptors (Lipinski definition) is 4. The zero-order valence-electron chi connectivity index (χ0n) is 9.02. The van der Waals surface area contributed by atoms with Gasteiger partial charge in [0.1, 0.15) is 0 Å². The average Bonchev–Trinajstić information content (AvgIpc) is 2.30. The molecule has 1 saturated heterocycles. The first-order valence-corrected chi connectivity index (χ1v) is 5.17. The molecule has 0 radical (unpaired) electrons. The van der Waals surface area contributed by atoms with E-state index < -0.39 is 5.82 Å². The Morgan fingerprint density at radius 3 is 3.12 bits per heavy atom. The van der Waals surface area contributed by atoms with E-state index in [1.54, 1.807) is 0 Å². The molecule has 0 aliphatic carbocycles. The summed E-state index contributed by atoms with van der Waals surface area (Å²) in [7, 11) is 0. The van der Waals surface area contributed by atoms with Crippen molar-refractivity contribution in [3.8, 4) is 0 Å². The first-order chi connectivity index (χ1) is 7.72. The SMILES string of the molecule is C[C@H]1COCCN1c1ncc(C=O)cc1F. The monoisotopic (exact) mass is 224 g/mol. The number of anilines is 1. The molecule has 86 valence electrons. The van der Waals surface area contributed by atoms with Gasteiger partial charge in [0, 0.05) is 18.3 Å². The van der Waals surface area contributed by atoms with Crippen LogP contribution in [0.1, 0.15) is 17.3 Å². The summed E-state index contributed by atoms with van der Waals surface area (Å²) < 4.78 is 19.0. The molecule has 0 saturated carbocycles. The normalized spacial score (nSPS) is 20.9. The first kappa shape index (κ1) is 11.0. The van der Waals surface area contributed by atoms with Gasteiger partial charge < -0.3 is 9.64 Å². The quantitative estimate of drug-likeness (QED) is 0.709. The Morgan fingerprint density at radius 2 is 2.50 bits per heavy atom. The van der Waals surface area contributed by atoms with Crippen LogP contribution in [0.5, 0.6) is 0 Å². The van der Waals surface area contributed by atoms with Crippen molar-refractivity contribution in [2.45, 2.75) is 13.0 Å². The smallest absolute Gasteiger partial charge is 0.166 e. The number of morpholine rings is 1. The third-order valence-electron chi connectivity index (χ3n) is 2.62. The predicted molar refractivity (Wildman–Crippen MR) is 57.2 cm³/mol. The Balaban J connectivity index is 2.28. The van der Waals surface area contributed by atoms with Crippen LogP contribution in [0.15, 0.2) is 12.3 Å². The minimum atomic E-state index is -0.460. The van der Waals surface area contributed by atoms with Gasteiger partial charge in [-0.15, -0.1) is 0 Å². The molecule has 16 heavy (non-hydrogen) atoms. The van der Waals surface area contributed by atoms with Gasteiger partial charge in [0.25, 0.3) is 0 Å². The average molecular weight is 224 g/mol. The highest BCUT2D eigenvalue weighted by Gasteiger charge is 2.22. The van der Waals surface area contributed by atoms with Gasteiger partial charge in [0.2, 0.25) is 0 Å². The number of nitrogens with zero attached hydrogens (tertiary/aromatic N) is 2. The van der Waals surface area contributed by atoms with Crippen LogP contribution >= 0.6 is 0 Å². The highest BCUT2D eigenvalue weighted by atomic mass is 19.1. The summed E-state index contributed by atoms with van der Waals surface area (Å²) in [6, 6.07) is 1.30. The second-order valence-corrected chi connectivity index (χ2v) is 3.81. The summed E-state index contributed by atoms with van der Waals surface area (Å²) in [5, 5.41) is 0. The lowest BCUT2D eigenvalue weighted by atomic mass is 10.2. The molecule has 0 unspecified atom stereocenters. The number of pyridine rings is 1. The van der Waals surface area contributed by atoms with E-state index in [-0.39, 0.29) is 11.6 Å². The number of hydrogen-bond donors (Lipinski definition) is 0. The van der Waals surface area contributed by atoms with E-state index in [9.17, 15) is 9.18 Å². The molecule has 1 fully saturated rings. The van der Waals surface area contributed by atoms with Gasteiger partial charge in [-0.1, -0.05) is 0 Å². The van der Waals surface area contributed by atoms with Gasteiger partial charge in [-0.3, -0.25) is 4.79 Å². The molecule has 0 bridgehead atoms. The summed E-state index contributed by atoms with van der Waals surface area (Å²) in [6.07, 6.45) is 1.97. The first-order valence-electron chi connectivity index (χ1n) is 5.17. The van der Waals surface area contributed by atoms with E-state index >= 15 is 0 Å². The minimum absolute atomic E-state index is 0.0952. The lowest BCUT2D eigenvalue weighted by Crippen LogP contribution is -2.44. The summed E-state index contributed by atoms with van der Waals surface area (Å²) in [4.78, 5) is 16.3. The second kappa shape index (κ2) is 4.57. The van der Waals surface area contributed by atoms with Gasteiger partial charge in [0.15, 0.2) is 17.9 Å². The van der Waals surface area contributed by atoms with Gasteiger partial charge in [-0.25, -0.2) is 9.37 Å². The Kier molecular flexibility index (Phi) is 3.14. The molecule has 4 nitrogen and oxygen atoms in total. The van der Waals surface area contributed by atoms with Crippen molar-refractivity contribution in [2.75, 3.05) is 24.7 Å². The Morgan fingerprint density at radius 1 is 1.69 bits per heavy atom. The molecule has 2 heterocycles. The predicted octanol–water partition coefficient (Wildman–Crippen LogP) is 1.26. The Hall–Kier alpha value is -1.49. The fraction of sp³-hybridized carbons (Fsp3) is 0.455. The number of carbonyl (C=O) groups excluding carboxylic acids is 1. The van der Waals surface area contributed by atoms with Crippen LogP contribution in [-0.2, 0) is 4.74 Å². The summed E-state index contributed by atoms with van der Waals surface area (Å²) in [6.45, 7) is 3.71. The van der Waals surface area contributed by atoms with Gasteiger partial charge >= 0.3 is 0 Å². The van der Waals surface area contributed by atoms with Crippen molar-refractivity contribution in [1.29, 1.82) is 0 Å². The fourth-order valence-corrected chi connectivity index (χ4v) is 1.76. The lowest BCUT2D eigenvalue weighted by molar-refractivity contribution is 0.0981. The number of aromatic nitrogens is 1. The highest BCUT2D eigenvalue weighted by molar-refractivity contribution is 5.74. The molecule has 2 rings (SSSR count). The Labute approximate surface area is 93.0 Å². The van der Waals surface area contributed by atoms with Crippen LogP contribution in [0.2, 0.25) is 0 Å². The zero-order chi connectivity index (χ0) is 11.5. The van der Waals surface area contributed by atoms with E-state index in [1.165, 1.54) is 12.3 Å². The van der Waals surface area contributed by atoms with Crippen LogP contribution in [0, 0.1) is 5.82 Å².